The van der Waals surface area contributed by atoms with Crippen LogP contribution >= 0.6 is 0 Å². The predicted molar refractivity (Wildman–Crippen MR) is 75.5 cm³/mol. The predicted octanol–water partition coefficient (Wildman–Crippen LogP) is 0.833. The molecule has 19 heavy (non-hydrogen) atoms. The standard InChI is InChI=1S/C15H20N2O2/c1-16(2)13-10-17(11-14(13)18)15(19)9-8-12-6-4-3-5-7-12/h3-9,13-14,18H,10-11H2,1-2H3/b9-8+/t13-,14-/m1/s1. The topological polar surface area (TPSA) is 43.8 Å². The molecule has 2 atom stereocenters. The van der Waals surface area contributed by atoms with Gasteiger partial charge in [-0.05, 0) is 25.7 Å². The summed E-state index contributed by atoms with van der Waals surface area (Å²) in [7, 11) is 3.84. The lowest BCUT2D eigenvalue weighted by molar-refractivity contribution is -0.125. The van der Waals surface area contributed by atoms with Crippen LogP contribution in [-0.2, 0) is 4.79 Å². The molecule has 0 saturated carbocycles. The molecule has 1 aliphatic heterocycles. The molecule has 1 heterocycles. The van der Waals surface area contributed by atoms with Gasteiger partial charge in [-0.15, -0.1) is 0 Å². The number of hydrogen-bond acceptors (Lipinski definition) is 3. The number of aliphatic hydroxyl groups excluding tert-OH is 1. The highest BCUT2D eigenvalue weighted by Gasteiger charge is 2.34. The van der Waals surface area contributed by atoms with Gasteiger partial charge < -0.3 is 14.9 Å². The zero-order valence-corrected chi connectivity index (χ0v) is 11.4. The van der Waals surface area contributed by atoms with Crippen LogP contribution in [0.5, 0.6) is 0 Å². The molecule has 1 fully saturated rings. The van der Waals surface area contributed by atoms with Gasteiger partial charge in [-0.3, -0.25) is 4.79 Å². The summed E-state index contributed by atoms with van der Waals surface area (Å²) in [4.78, 5) is 15.7. The Morgan fingerprint density at radius 3 is 2.58 bits per heavy atom. The van der Waals surface area contributed by atoms with Crippen molar-refractivity contribution in [1.82, 2.24) is 9.80 Å². The fraction of sp³-hybridized carbons (Fsp3) is 0.400. The average Bonchev–Trinajstić information content (AvgIpc) is 2.79. The Bertz CT molecular complexity index is 456. The zero-order valence-electron chi connectivity index (χ0n) is 11.4. The van der Waals surface area contributed by atoms with Crippen LogP contribution in [0.15, 0.2) is 36.4 Å². The summed E-state index contributed by atoms with van der Waals surface area (Å²) in [5.41, 5.74) is 1.000. The highest BCUT2D eigenvalue weighted by atomic mass is 16.3. The lowest BCUT2D eigenvalue weighted by atomic mass is 10.2. The Morgan fingerprint density at radius 1 is 1.32 bits per heavy atom. The largest absolute Gasteiger partial charge is 0.390 e. The Hall–Kier alpha value is -1.65. The minimum absolute atomic E-state index is 0.0223. The van der Waals surface area contributed by atoms with Gasteiger partial charge in [0.15, 0.2) is 0 Å². The number of nitrogens with zero attached hydrogens (tertiary/aromatic N) is 2. The van der Waals surface area contributed by atoms with Crippen molar-refractivity contribution in [3.63, 3.8) is 0 Å². The maximum Gasteiger partial charge on any atom is 0.246 e. The average molecular weight is 260 g/mol. The van der Waals surface area contributed by atoms with Crippen LogP contribution in [0, 0.1) is 0 Å². The van der Waals surface area contributed by atoms with Crippen molar-refractivity contribution >= 4 is 12.0 Å². The molecule has 4 nitrogen and oxygen atoms in total. The van der Waals surface area contributed by atoms with Crippen LogP contribution in [0.4, 0.5) is 0 Å². The molecule has 0 bridgehead atoms. The number of carbonyl (C=O) groups is 1. The van der Waals surface area contributed by atoms with Crippen molar-refractivity contribution in [2.45, 2.75) is 12.1 Å². The minimum atomic E-state index is -0.468. The third-order valence-corrected chi connectivity index (χ3v) is 3.45. The molecule has 0 spiro atoms. The second-order valence-corrected chi connectivity index (χ2v) is 5.09. The Labute approximate surface area is 113 Å². The number of hydrogen-bond donors (Lipinski definition) is 1. The molecule has 1 aromatic rings. The molecule has 0 aliphatic carbocycles. The first kappa shape index (κ1) is 13.8. The third-order valence-electron chi connectivity index (χ3n) is 3.45. The van der Waals surface area contributed by atoms with Crippen LogP contribution in [0.3, 0.4) is 0 Å². The summed E-state index contributed by atoms with van der Waals surface area (Å²) in [5, 5.41) is 9.90. The molecule has 102 valence electrons. The van der Waals surface area contributed by atoms with E-state index in [4.69, 9.17) is 0 Å². The number of amides is 1. The molecule has 1 amide bonds. The lowest BCUT2D eigenvalue weighted by Gasteiger charge is -2.21. The fourth-order valence-electron chi connectivity index (χ4n) is 2.29. The number of benzene rings is 1. The first-order valence-electron chi connectivity index (χ1n) is 6.44. The van der Waals surface area contributed by atoms with Gasteiger partial charge in [-0.1, -0.05) is 30.3 Å². The van der Waals surface area contributed by atoms with Gasteiger partial charge in [0.25, 0.3) is 0 Å². The summed E-state index contributed by atoms with van der Waals surface area (Å²) >= 11 is 0. The number of likely N-dealkylation sites (N-methyl/N-ethyl adjacent to an activating group) is 1. The van der Waals surface area contributed by atoms with Crippen molar-refractivity contribution in [3.8, 4) is 0 Å². The quantitative estimate of drug-likeness (QED) is 0.819. The molecule has 1 saturated heterocycles. The lowest BCUT2D eigenvalue weighted by Crippen LogP contribution is -2.38. The van der Waals surface area contributed by atoms with E-state index in [2.05, 4.69) is 0 Å². The Balaban J connectivity index is 1.97. The summed E-state index contributed by atoms with van der Waals surface area (Å²) in [5.74, 6) is -0.0488. The van der Waals surface area contributed by atoms with E-state index in [1.807, 2.05) is 49.3 Å². The highest BCUT2D eigenvalue weighted by molar-refractivity contribution is 5.92. The highest BCUT2D eigenvalue weighted by Crippen LogP contribution is 2.15. The Kier molecular flexibility index (Phi) is 4.35. The zero-order chi connectivity index (χ0) is 13.8. The van der Waals surface area contributed by atoms with Crippen LogP contribution < -0.4 is 0 Å². The van der Waals surface area contributed by atoms with E-state index in [9.17, 15) is 9.90 Å². The fourth-order valence-corrected chi connectivity index (χ4v) is 2.29. The van der Waals surface area contributed by atoms with Gasteiger partial charge >= 0.3 is 0 Å². The molecule has 2 rings (SSSR count). The number of rotatable bonds is 3. The molecule has 0 unspecified atom stereocenters. The van der Waals surface area contributed by atoms with E-state index in [0.29, 0.717) is 13.1 Å². The second kappa shape index (κ2) is 5.99. The third kappa shape index (κ3) is 3.43. The van der Waals surface area contributed by atoms with E-state index < -0.39 is 6.10 Å². The van der Waals surface area contributed by atoms with Crippen LogP contribution in [0.2, 0.25) is 0 Å². The molecule has 0 radical (unpaired) electrons. The van der Waals surface area contributed by atoms with Gasteiger partial charge in [-0.25, -0.2) is 0 Å². The van der Waals surface area contributed by atoms with Crippen molar-refractivity contribution in [3.05, 3.63) is 42.0 Å². The summed E-state index contributed by atoms with van der Waals surface area (Å²) < 4.78 is 0. The van der Waals surface area contributed by atoms with E-state index in [1.165, 1.54) is 0 Å². The van der Waals surface area contributed by atoms with Gasteiger partial charge in [0.05, 0.1) is 12.1 Å². The van der Waals surface area contributed by atoms with E-state index >= 15 is 0 Å². The molecule has 4 heteroatoms. The maximum absolute atomic E-state index is 12.0. The first-order valence-corrected chi connectivity index (χ1v) is 6.44. The maximum atomic E-state index is 12.0. The summed E-state index contributed by atoms with van der Waals surface area (Å²) in [6.07, 6.45) is 2.90. The normalized spacial score (nSPS) is 23.5. The second-order valence-electron chi connectivity index (χ2n) is 5.09. The first-order chi connectivity index (χ1) is 9.08. The van der Waals surface area contributed by atoms with E-state index in [-0.39, 0.29) is 11.9 Å². The molecule has 1 N–H and O–H groups in total. The molecule has 0 aromatic heterocycles. The van der Waals surface area contributed by atoms with E-state index in [0.717, 1.165) is 5.56 Å². The summed E-state index contributed by atoms with van der Waals surface area (Å²) in [6, 6.07) is 9.74. The molecular formula is C15H20N2O2. The van der Waals surface area contributed by atoms with Gasteiger partial charge in [0.1, 0.15) is 0 Å². The SMILES string of the molecule is CN(C)[C@@H]1CN(C(=O)/C=C/c2ccccc2)C[C@H]1O. The van der Waals surface area contributed by atoms with Crippen molar-refractivity contribution in [1.29, 1.82) is 0 Å². The van der Waals surface area contributed by atoms with E-state index in [1.54, 1.807) is 17.1 Å². The Morgan fingerprint density at radius 2 is 2.00 bits per heavy atom. The molecule has 1 aromatic carbocycles. The van der Waals surface area contributed by atoms with Crippen LogP contribution in [-0.4, -0.2) is 60.1 Å². The summed E-state index contributed by atoms with van der Waals surface area (Å²) in [6.45, 7) is 0.979. The van der Waals surface area contributed by atoms with Crippen molar-refractivity contribution in [2.75, 3.05) is 27.2 Å². The van der Waals surface area contributed by atoms with Crippen LogP contribution in [0.25, 0.3) is 6.08 Å². The molecule has 1 aliphatic rings. The van der Waals surface area contributed by atoms with Gasteiger partial charge in [0, 0.05) is 19.2 Å². The number of carbonyl (C=O) groups excluding carboxylic acids is 1. The number of likely N-dealkylation sites (tertiary alicyclic amines) is 1. The number of aliphatic hydroxyl groups is 1. The monoisotopic (exact) mass is 260 g/mol. The van der Waals surface area contributed by atoms with Gasteiger partial charge in [-0.2, -0.15) is 0 Å². The minimum Gasteiger partial charge on any atom is -0.390 e. The molecular weight excluding hydrogens is 240 g/mol. The van der Waals surface area contributed by atoms with Gasteiger partial charge in [0.2, 0.25) is 5.91 Å². The number of β-amino-alcohol motifs (C(OH)–C–C–N with tert-alkyl or cyclic N) is 1. The van der Waals surface area contributed by atoms with Crippen LogP contribution in [0.1, 0.15) is 5.56 Å². The van der Waals surface area contributed by atoms with Crippen molar-refractivity contribution in [2.24, 2.45) is 0 Å². The van der Waals surface area contributed by atoms with Crippen molar-refractivity contribution < 1.29 is 9.90 Å². The smallest absolute Gasteiger partial charge is 0.246 e.